The molecule has 0 saturated carbocycles. The molecule has 3 aromatic rings. The molecule has 0 fully saturated rings. The van der Waals surface area contributed by atoms with Crippen molar-refractivity contribution >= 4 is 79.4 Å². The van der Waals surface area contributed by atoms with Crippen LogP contribution in [-0.4, -0.2) is 95.0 Å². The molecule has 3 rings (SSSR count). The molecule has 13 heteroatoms. The third kappa shape index (κ3) is 5.66. The van der Waals surface area contributed by atoms with Crippen LogP contribution in [0.5, 0.6) is 0 Å². The molecule has 0 aliphatic heterocycles. The zero-order valence-electron chi connectivity index (χ0n) is 14.9. The van der Waals surface area contributed by atoms with Crippen LogP contribution in [0.3, 0.4) is 0 Å². The first-order valence-electron chi connectivity index (χ1n) is 7.04. The number of rotatable bonds is 4. The molecule has 0 bridgehead atoms. The van der Waals surface area contributed by atoms with E-state index in [2.05, 4.69) is 9.97 Å². The summed E-state index contributed by atoms with van der Waals surface area (Å²) in [5, 5.41) is 0. The Bertz CT molecular complexity index is 1130. The van der Waals surface area contributed by atoms with Gasteiger partial charge in [-0.1, -0.05) is 24.3 Å². The van der Waals surface area contributed by atoms with E-state index in [0.717, 1.165) is 0 Å². The molecule has 0 amide bonds. The maximum Gasteiger partial charge on any atom is 0.323 e. The van der Waals surface area contributed by atoms with Crippen LogP contribution in [0.2, 0.25) is 0 Å². The molecule has 0 spiro atoms. The second-order valence-electron chi connectivity index (χ2n) is 5.33. The van der Waals surface area contributed by atoms with Crippen molar-refractivity contribution in [1.29, 1.82) is 0 Å². The number of nitrogens with one attached hydrogen (secondary N) is 2. The molecule has 4 N–H and O–H groups in total. The van der Waals surface area contributed by atoms with Crippen LogP contribution < -0.4 is 5.69 Å². The van der Waals surface area contributed by atoms with Gasteiger partial charge in [-0.05, 0) is 24.3 Å². The fourth-order valence-corrected chi connectivity index (χ4v) is 3.36. The summed E-state index contributed by atoms with van der Waals surface area (Å²) in [5.74, 6) is 0. The summed E-state index contributed by atoms with van der Waals surface area (Å²) >= 11 is 0. The normalized spacial score (nSPS) is 11.4. The number of imidazole rings is 1. The van der Waals surface area contributed by atoms with Crippen molar-refractivity contribution in [2.45, 2.75) is 9.79 Å². The van der Waals surface area contributed by atoms with Crippen LogP contribution in [-0.2, 0) is 20.2 Å². The number of hydrogen-bond donors (Lipinski definition) is 4. The van der Waals surface area contributed by atoms with E-state index in [4.69, 9.17) is 9.11 Å². The third-order valence-corrected chi connectivity index (χ3v) is 5.34. The first kappa shape index (κ1) is 25.3. The molecule has 0 unspecified atom stereocenters. The predicted molar refractivity (Wildman–Crippen MR) is 103 cm³/mol. The third-order valence-electron chi connectivity index (χ3n) is 3.61. The van der Waals surface area contributed by atoms with Crippen molar-refractivity contribution in [3.63, 3.8) is 0 Å². The topological polar surface area (TPSA) is 157 Å². The monoisotopic (exact) mass is 442 g/mol. The van der Waals surface area contributed by atoms with E-state index in [1.807, 2.05) is 0 Å². The van der Waals surface area contributed by atoms with Gasteiger partial charge in [0.05, 0.1) is 21.2 Å². The first-order valence-corrected chi connectivity index (χ1v) is 9.92. The maximum atomic E-state index is 11.7. The Morgan fingerprint density at radius 2 is 0.893 bits per heavy atom. The summed E-state index contributed by atoms with van der Waals surface area (Å²) in [7, 11) is -8.68. The minimum absolute atomic E-state index is 0. The largest absolute Gasteiger partial charge is 0.323 e. The molecule has 2 aromatic carbocycles. The first-order chi connectivity index (χ1) is 12.1. The maximum absolute atomic E-state index is 11.7. The number of hydrogen-bond acceptors (Lipinski definition) is 5. The minimum atomic E-state index is -4.34. The second kappa shape index (κ2) is 9.39. The smallest absolute Gasteiger partial charge is 0.305 e. The van der Waals surface area contributed by atoms with E-state index in [9.17, 15) is 21.6 Å². The van der Waals surface area contributed by atoms with Crippen LogP contribution >= 0.6 is 0 Å². The van der Waals surface area contributed by atoms with E-state index in [1.165, 1.54) is 48.5 Å². The van der Waals surface area contributed by atoms with E-state index in [0.29, 0.717) is 22.5 Å². The second-order valence-corrected chi connectivity index (χ2v) is 8.17. The van der Waals surface area contributed by atoms with Gasteiger partial charge in [-0.3, -0.25) is 9.11 Å². The van der Waals surface area contributed by atoms with Gasteiger partial charge in [-0.15, -0.1) is 0 Å². The van der Waals surface area contributed by atoms with Gasteiger partial charge < -0.3 is 9.97 Å². The standard InChI is InChI=1S/C15H12N2O7S2.2Na/c18-15-16-13(9-1-5-11(6-2-9)25(19,20)21)14(17-15)10-3-7-12(8-4-10)26(22,23)24;;/h1-8H,(H2,16,17,18)(H,19,20,21)(H,22,23,24);;. The summed E-state index contributed by atoms with van der Waals surface area (Å²) < 4.78 is 62.5. The Balaban J connectivity index is 0.00000196. The SMILES string of the molecule is O=c1[nH]c(-c2ccc(S(=O)(=O)O)cc2)c(-c2ccc(S(=O)(=O)O)cc2)[nH]1.[Na].[Na]. The molecule has 0 atom stereocenters. The molecule has 1 heterocycles. The molecular formula is C15H12N2Na2O7S2. The number of benzene rings is 2. The molecular weight excluding hydrogens is 430 g/mol. The Kier molecular flexibility index (Phi) is 8.49. The Morgan fingerprint density at radius 3 is 1.14 bits per heavy atom. The molecule has 138 valence electrons. The van der Waals surface area contributed by atoms with Gasteiger partial charge in [0.1, 0.15) is 0 Å². The number of H-pyrrole nitrogens is 2. The van der Waals surface area contributed by atoms with Crippen molar-refractivity contribution in [3.05, 3.63) is 59.0 Å². The Labute approximate surface area is 204 Å². The summed E-state index contributed by atoms with van der Waals surface area (Å²) in [5.41, 5.74) is 1.09. The minimum Gasteiger partial charge on any atom is -0.305 e. The van der Waals surface area contributed by atoms with Crippen molar-refractivity contribution in [2.24, 2.45) is 0 Å². The van der Waals surface area contributed by atoms with Crippen molar-refractivity contribution in [3.8, 4) is 22.5 Å². The van der Waals surface area contributed by atoms with E-state index < -0.39 is 25.9 Å². The van der Waals surface area contributed by atoms with Crippen molar-refractivity contribution in [1.82, 2.24) is 9.97 Å². The fourth-order valence-electron chi connectivity index (χ4n) is 2.40. The van der Waals surface area contributed by atoms with E-state index >= 15 is 0 Å². The number of aromatic amines is 2. The number of aromatic nitrogens is 2. The summed E-state index contributed by atoms with van der Waals surface area (Å²) in [4.78, 5) is 16.3. The van der Waals surface area contributed by atoms with Gasteiger partial charge in [0.2, 0.25) is 0 Å². The van der Waals surface area contributed by atoms with Gasteiger partial charge in [-0.25, -0.2) is 4.79 Å². The van der Waals surface area contributed by atoms with E-state index in [1.54, 1.807) is 0 Å². The summed E-state index contributed by atoms with van der Waals surface area (Å²) in [6, 6.07) is 10.3. The average Bonchev–Trinajstić information content (AvgIpc) is 2.95. The van der Waals surface area contributed by atoms with Gasteiger partial charge >= 0.3 is 5.69 Å². The predicted octanol–water partition coefficient (Wildman–Crippen LogP) is 0.769. The quantitative estimate of drug-likeness (QED) is 0.343. The van der Waals surface area contributed by atoms with E-state index in [-0.39, 0.29) is 68.9 Å². The molecule has 0 aliphatic rings. The molecule has 1 aromatic heterocycles. The van der Waals surface area contributed by atoms with Crippen molar-refractivity contribution < 1.29 is 25.9 Å². The van der Waals surface area contributed by atoms with Crippen LogP contribution in [0.15, 0.2) is 63.1 Å². The molecule has 28 heavy (non-hydrogen) atoms. The summed E-state index contributed by atoms with van der Waals surface area (Å²) in [6.07, 6.45) is 0. The Morgan fingerprint density at radius 1 is 0.607 bits per heavy atom. The average molecular weight is 442 g/mol. The van der Waals surface area contributed by atoms with Gasteiger partial charge in [0.25, 0.3) is 20.2 Å². The Hall–Kier alpha value is -0.730. The van der Waals surface area contributed by atoms with Gasteiger partial charge in [0.15, 0.2) is 0 Å². The zero-order chi connectivity index (χ0) is 19.1. The fraction of sp³-hybridized carbons (Fsp3) is 0. The van der Waals surface area contributed by atoms with Crippen molar-refractivity contribution in [2.75, 3.05) is 0 Å². The molecule has 2 radical (unpaired) electrons. The van der Waals surface area contributed by atoms with Crippen LogP contribution in [0.1, 0.15) is 0 Å². The van der Waals surface area contributed by atoms with Gasteiger partial charge in [0, 0.05) is 70.2 Å². The van der Waals surface area contributed by atoms with Crippen LogP contribution in [0.4, 0.5) is 0 Å². The summed E-state index contributed by atoms with van der Waals surface area (Å²) in [6.45, 7) is 0. The van der Waals surface area contributed by atoms with Gasteiger partial charge in [-0.2, -0.15) is 16.8 Å². The zero-order valence-corrected chi connectivity index (χ0v) is 20.5. The molecule has 9 nitrogen and oxygen atoms in total. The molecule has 0 saturated heterocycles. The molecule has 0 aliphatic carbocycles. The van der Waals surface area contributed by atoms with Crippen LogP contribution in [0, 0.1) is 0 Å². The van der Waals surface area contributed by atoms with Crippen LogP contribution in [0.25, 0.3) is 22.5 Å².